The number of benzene rings is 2. The van der Waals surface area contributed by atoms with Gasteiger partial charge in [0.05, 0.1) is 27.1 Å². The molecule has 0 bridgehead atoms. The van der Waals surface area contributed by atoms with Crippen LogP contribution < -0.4 is 4.80 Å². The Bertz CT molecular complexity index is 1610. The minimum absolute atomic E-state index is 0.0992. The number of carbonyl (C=O) groups is 2. The highest BCUT2D eigenvalue weighted by Gasteiger charge is 2.24. The Morgan fingerprint density at radius 3 is 2.08 bits per heavy atom. The van der Waals surface area contributed by atoms with Crippen molar-refractivity contribution in [2.75, 3.05) is 26.5 Å². The quantitative estimate of drug-likeness (QED) is 0.292. The molecule has 0 N–H and O–H groups in total. The number of sulfone groups is 1. The summed E-state index contributed by atoms with van der Waals surface area (Å²) in [6.07, 6.45) is 4.35. The predicted molar refractivity (Wildman–Crippen MR) is 150 cm³/mol. The molecule has 1 heterocycles. The maximum atomic E-state index is 13.2. The van der Waals surface area contributed by atoms with E-state index in [-0.39, 0.29) is 26.7 Å². The molecule has 3 aromatic rings. The number of thiazole rings is 1. The smallest absolute Gasteiger partial charge is 0.325 e. The first-order valence-electron chi connectivity index (χ1n) is 12.5. The summed E-state index contributed by atoms with van der Waals surface area (Å²) in [4.78, 5) is 29.7. The van der Waals surface area contributed by atoms with Gasteiger partial charge in [0.25, 0.3) is 5.91 Å². The lowest BCUT2D eigenvalue weighted by Gasteiger charge is -2.22. The van der Waals surface area contributed by atoms with E-state index in [1.165, 1.54) is 52.4 Å². The number of hydrogen-bond acceptors (Lipinski definition) is 8. The van der Waals surface area contributed by atoms with E-state index in [4.69, 9.17) is 4.74 Å². The van der Waals surface area contributed by atoms with Crippen LogP contribution in [-0.4, -0.2) is 64.0 Å². The Hall–Kier alpha value is -2.87. The molecule has 1 amide bonds. The van der Waals surface area contributed by atoms with Crippen LogP contribution in [0.4, 0.5) is 0 Å². The van der Waals surface area contributed by atoms with E-state index in [9.17, 15) is 26.4 Å². The molecule has 0 aliphatic rings. The van der Waals surface area contributed by atoms with E-state index in [1.54, 1.807) is 6.07 Å². The van der Waals surface area contributed by atoms with Crippen LogP contribution in [0.3, 0.4) is 0 Å². The topological polar surface area (TPSA) is 132 Å². The van der Waals surface area contributed by atoms with Gasteiger partial charge in [-0.25, -0.2) is 16.8 Å². The lowest BCUT2D eigenvalue weighted by Crippen LogP contribution is -2.33. The van der Waals surface area contributed by atoms with Crippen molar-refractivity contribution < 1.29 is 31.2 Å². The predicted octanol–water partition coefficient (Wildman–Crippen LogP) is 3.61. The zero-order valence-electron chi connectivity index (χ0n) is 22.4. The number of rotatable bonds is 12. The van der Waals surface area contributed by atoms with Crippen molar-refractivity contribution in [3.63, 3.8) is 0 Å². The molecule has 0 radical (unpaired) electrons. The molecule has 0 aliphatic heterocycles. The Kier molecular flexibility index (Phi) is 10.2. The van der Waals surface area contributed by atoms with Crippen molar-refractivity contribution in [1.29, 1.82) is 0 Å². The first-order valence-corrected chi connectivity index (χ1v) is 16.7. The van der Waals surface area contributed by atoms with Crippen LogP contribution >= 0.6 is 11.3 Å². The highest BCUT2D eigenvalue weighted by atomic mass is 32.2. The summed E-state index contributed by atoms with van der Waals surface area (Å²) in [6, 6.07) is 10.1. The van der Waals surface area contributed by atoms with Crippen molar-refractivity contribution >= 4 is 53.3 Å². The number of esters is 1. The molecule has 0 unspecified atom stereocenters. The van der Waals surface area contributed by atoms with Gasteiger partial charge in [-0.2, -0.15) is 9.30 Å². The largest absolute Gasteiger partial charge is 0.468 e. The Balaban J connectivity index is 1.99. The van der Waals surface area contributed by atoms with Crippen molar-refractivity contribution in [2.45, 2.75) is 55.9 Å². The minimum Gasteiger partial charge on any atom is -0.468 e. The molecule has 0 fully saturated rings. The first kappa shape index (κ1) is 30.7. The highest BCUT2D eigenvalue weighted by Crippen LogP contribution is 2.23. The second-order valence-electron chi connectivity index (χ2n) is 9.00. The van der Waals surface area contributed by atoms with Crippen LogP contribution in [-0.2, 0) is 35.9 Å². The van der Waals surface area contributed by atoms with E-state index in [2.05, 4.69) is 4.99 Å². The third-order valence-corrected chi connectivity index (χ3v) is 10.1. The van der Waals surface area contributed by atoms with Crippen molar-refractivity contribution in [1.82, 2.24) is 8.87 Å². The van der Waals surface area contributed by atoms with Gasteiger partial charge in [0.15, 0.2) is 14.6 Å². The standard InChI is InChI=1S/C26H33N3O7S3/c1-5-7-15-28(16-8-6-2)39(34,35)20-11-9-19(10-12-20)25(31)27-26-29(18-24(30)36-3)22-14-13-21(38(4,32)33)17-23(22)37-26/h9-14,17H,5-8,15-16,18H2,1-4H3. The van der Waals surface area contributed by atoms with Gasteiger partial charge >= 0.3 is 5.97 Å². The number of methoxy groups -OCH3 is 1. The summed E-state index contributed by atoms with van der Waals surface area (Å²) < 4.78 is 58.7. The molecule has 212 valence electrons. The fraction of sp³-hybridized carbons (Fsp3) is 0.423. The second kappa shape index (κ2) is 13.0. The summed E-state index contributed by atoms with van der Waals surface area (Å²) in [5.74, 6) is -1.21. The third-order valence-electron chi connectivity index (χ3n) is 6.06. The number of unbranched alkanes of at least 4 members (excludes halogenated alkanes) is 2. The molecular weight excluding hydrogens is 563 g/mol. The summed E-state index contributed by atoms with van der Waals surface area (Å²) in [5.41, 5.74) is 0.687. The van der Waals surface area contributed by atoms with Gasteiger partial charge < -0.3 is 9.30 Å². The molecule has 10 nitrogen and oxygen atoms in total. The molecule has 2 aromatic carbocycles. The second-order valence-corrected chi connectivity index (χ2v) is 14.0. The summed E-state index contributed by atoms with van der Waals surface area (Å²) in [6.45, 7) is 4.64. The maximum Gasteiger partial charge on any atom is 0.325 e. The minimum atomic E-state index is -3.71. The summed E-state index contributed by atoms with van der Waals surface area (Å²) >= 11 is 1.06. The molecule has 39 heavy (non-hydrogen) atoms. The SMILES string of the molecule is CCCCN(CCCC)S(=O)(=O)c1ccc(C(=O)N=c2sc3cc(S(C)(=O)=O)ccc3n2CC(=O)OC)cc1. The van der Waals surface area contributed by atoms with Gasteiger partial charge in [-0.1, -0.05) is 38.0 Å². The monoisotopic (exact) mass is 595 g/mol. The fourth-order valence-corrected chi connectivity index (χ4v) is 7.11. The van der Waals surface area contributed by atoms with Crippen LogP contribution in [0.1, 0.15) is 49.9 Å². The van der Waals surface area contributed by atoms with E-state index < -0.39 is 31.7 Å². The number of hydrogen-bond donors (Lipinski definition) is 0. The lowest BCUT2D eigenvalue weighted by molar-refractivity contribution is -0.141. The lowest BCUT2D eigenvalue weighted by atomic mass is 10.2. The third kappa shape index (κ3) is 7.41. The number of aromatic nitrogens is 1. The van der Waals surface area contributed by atoms with Crippen LogP contribution in [0.5, 0.6) is 0 Å². The van der Waals surface area contributed by atoms with E-state index in [1.807, 2.05) is 13.8 Å². The maximum absolute atomic E-state index is 13.2. The molecular formula is C26H33N3O7S3. The number of carbonyl (C=O) groups excluding carboxylic acids is 2. The molecule has 0 saturated carbocycles. The zero-order valence-corrected chi connectivity index (χ0v) is 24.9. The van der Waals surface area contributed by atoms with Crippen LogP contribution in [0.15, 0.2) is 57.2 Å². The number of nitrogens with zero attached hydrogens (tertiary/aromatic N) is 3. The van der Waals surface area contributed by atoms with Crippen molar-refractivity contribution in [3.8, 4) is 0 Å². The van der Waals surface area contributed by atoms with Crippen molar-refractivity contribution in [2.24, 2.45) is 4.99 Å². The molecule has 3 rings (SSSR count). The highest BCUT2D eigenvalue weighted by molar-refractivity contribution is 7.90. The first-order chi connectivity index (χ1) is 18.4. The summed E-state index contributed by atoms with van der Waals surface area (Å²) in [5, 5.41) is 0. The van der Waals surface area contributed by atoms with Gasteiger partial charge in [0.1, 0.15) is 6.54 Å². The van der Waals surface area contributed by atoms with Crippen LogP contribution in [0, 0.1) is 0 Å². The number of sulfonamides is 1. The number of amides is 1. The zero-order chi connectivity index (χ0) is 28.8. The van der Waals surface area contributed by atoms with Gasteiger partial charge in [-0.15, -0.1) is 0 Å². The van der Waals surface area contributed by atoms with Crippen LogP contribution in [0.25, 0.3) is 10.2 Å². The number of fused-ring (bicyclic) bond motifs is 1. The Labute approximate surface area is 232 Å². The van der Waals surface area contributed by atoms with Gasteiger partial charge in [-0.3, -0.25) is 9.59 Å². The Morgan fingerprint density at radius 2 is 1.54 bits per heavy atom. The van der Waals surface area contributed by atoms with Gasteiger partial charge in [0.2, 0.25) is 10.0 Å². The molecule has 0 spiro atoms. The van der Waals surface area contributed by atoms with E-state index in [0.29, 0.717) is 23.3 Å². The molecule has 0 atom stereocenters. The van der Waals surface area contributed by atoms with E-state index in [0.717, 1.165) is 43.3 Å². The average Bonchev–Trinajstić information content (AvgIpc) is 3.23. The normalized spacial score (nSPS) is 12.8. The van der Waals surface area contributed by atoms with Crippen molar-refractivity contribution in [3.05, 3.63) is 52.8 Å². The molecule has 13 heteroatoms. The van der Waals surface area contributed by atoms with Crippen LogP contribution in [0.2, 0.25) is 0 Å². The molecule has 0 saturated heterocycles. The molecule has 1 aromatic heterocycles. The fourth-order valence-electron chi connectivity index (χ4n) is 3.81. The van der Waals surface area contributed by atoms with Gasteiger partial charge in [0, 0.05) is 24.9 Å². The Morgan fingerprint density at radius 1 is 0.949 bits per heavy atom. The average molecular weight is 596 g/mol. The molecule has 0 aliphatic carbocycles. The summed E-state index contributed by atoms with van der Waals surface area (Å²) in [7, 11) is -5.95. The van der Waals surface area contributed by atoms with E-state index >= 15 is 0 Å². The van der Waals surface area contributed by atoms with Gasteiger partial charge in [-0.05, 0) is 55.3 Å². The number of ether oxygens (including phenoxy) is 1.